The first-order valence-electron chi connectivity index (χ1n) is 5.30. The number of halogens is 1. The van der Waals surface area contributed by atoms with Gasteiger partial charge in [0.25, 0.3) is 0 Å². The van der Waals surface area contributed by atoms with E-state index in [1.165, 1.54) is 0 Å². The quantitative estimate of drug-likeness (QED) is 0.904. The molecule has 0 bridgehead atoms. The Morgan fingerprint density at radius 3 is 2.56 bits per heavy atom. The van der Waals surface area contributed by atoms with E-state index in [2.05, 4.69) is 45.1 Å². The van der Waals surface area contributed by atoms with Crippen LogP contribution < -0.4 is 5.32 Å². The Labute approximate surface area is 105 Å². The maximum absolute atomic E-state index is 5.12. The lowest BCUT2D eigenvalue weighted by atomic mass is 10.1. The first-order chi connectivity index (χ1) is 7.58. The van der Waals surface area contributed by atoms with E-state index in [4.69, 9.17) is 4.74 Å². The summed E-state index contributed by atoms with van der Waals surface area (Å²) in [6.45, 7) is 4.80. The van der Waals surface area contributed by atoms with Crippen molar-refractivity contribution in [1.29, 1.82) is 0 Å². The van der Waals surface area contributed by atoms with Crippen LogP contribution in [0.2, 0.25) is 0 Å². The normalized spacial score (nSPS) is 10.9. The lowest BCUT2D eigenvalue weighted by molar-refractivity contribution is 0.180. The number of nitrogens with zero attached hydrogens (tertiary/aromatic N) is 2. The second-order valence-corrected chi connectivity index (χ2v) is 4.82. The van der Waals surface area contributed by atoms with Crippen molar-refractivity contribution in [2.45, 2.75) is 26.9 Å². The van der Waals surface area contributed by atoms with E-state index in [-0.39, 0.29) is 0 Å². The molecular formula is C11H18BrN3O. The lowest BCUT2D eigenvalue weighted by Gasteiger charge is -2.11. The molecule has 1 N–H and O–H groups in total. The SMILES string of the molecule is CNc1nc(CC(C)C)nc(COC)c1Br. The van der Waals surface area contributed by atoms with Crippen LogP contribution in [0.3, 0.4) is 0 Å². The molecule has 4 nitrogen and oxygen atoms in total. The number of methoxy groups -OCH3 is 1. The van der Waals surface area contributed by atoms with Gasteiger partial charge in [-0.05, 0) is 21.8 Å². The third kappa shape index (κ3) is 3.42. The summed E-state index contributed by atoms with van der Waals surface area (Å²) in [5.74, 6) is 2.22. The molecule has 0 aliphatic carbocycles. The number of anilines is 1. The summed E-state index contributed by atoms with van der Waals surface area (Å²) in [5, 5.41) is 3.05. The molecule has 0 aromatic carbocycles. The van der Waals surface area contributed by atoms with Gasteiger partial charge in [-0.15, -0.1) is 0 Å². The maximum atomic E-state index is 5.12. The summed E-state index contributed by atoms with van der Waals surface area (Å²) in [4.78, 5) is 8.94. The van der Waals surface area contributed by atoms with E-state index >= 15 is 0 Å². The zero-order valence-electron chi connectivity index (χ0n) is 10.2. The van der Waals surface area contributed by atoms with Gasteiger partial charge in [0.2, 0.25) is 0 Å². The zero-order chi connectivity index (χ0) is 12.1. The summed E-state index contributed by atoms with van der Waals surface area (Å²) < 4.78 is 6.00. The van der Waals surface area contributed by atoms with Gasteiger partial charge in [0, 0.05) is 20.6 Å². The molecule has 1 aromatic rings. The van der Waals surface area contributed by atoms with Crippen LogP contribution >= 0.6 is 15.9 Å². The molecule has 5 heteroatoms. The van der Waals surface area contributed by atoms with Gasteiger partial charge in [-0.2, -0.15) is 0 Å². The van der Waals surface area contributed by atoms with E-state index in [1.54, 1.807) is 7.11 Å². The first-order valence-corrected chi connectivity index (χ1v) is 6.09. The third-order valence-electron chi connectivity index (χ3n) is 2.07. The van der Waals surface area contributed by atoms with Crippen molar-refractivity contribution in [2.75, 3.05) is 19.5 Å². The fourth-order valence-corrected chi connectivity index (χ4v) is 1.89. The van der Waals surface area contributed by atoms with E-state index in [0.717, 1.165) is 28.2 Å². The maximum Gasteiger partial charge on any atom is 0.144 e. The fourth-order valence-electron chi connectivity index (χ4n) is 1.40. The number of rotatable bonds is 5. The molecule has 0 unspecified atom stereocenters. The molecule has 1 heterocycles. The molecule has 1 aromatic heterocycles. The predicted molar refractivity (Wildman–Crippen MR) is 68.5 cm³/mol. The van der Waals surface area contributed by atoms with Crippen LogP contribution in [0.15, 0.2) is 4.47 Å². The largest absolute Gasteiger partial charge is 0.378 e. The highest BCUT2D eigenvalue weighted by atomic mass is 79.9. The van der Waals surface area contributed by atoms with Gasteiger partial charge in [0.1, 0.15) is 11.6 Å². The Kier molecular flexibility index (Phi) is 5.15. The molecular weight excluding hydrogens is 270 g/mol. The number of hydrogen-bond acceptors (Lipinski definition) is 4. The highest BCUT2D eigenvalue weighted by molar-refractivity contribution is 9.10. The van der Waals surface area contributed by atoms with Gasteiger partial charge in [0.05, 0.1) is 16.8 Å². The molecule has 1 rings (SSSR count). The van der Waals surface area contributed by atoms with Gasteiger partial charge in [-0.3, -0.25) is 0 Å². The highest BCUT2D eigenvalue weighted by Crippen LogP contribution is 2.24. The Bertz CT molecular complexity index is 355. The molecule has 0 amide bonds. The van der Waals surface area contributed by atoms with Crippen LogP contribution in [-0.4, -0.2) is 24.1 Å². The molecule has 90 valence electrons. The van der Waals surface area contributed by atoms with Crippen molar-refractivity contribution in [1.82, 2.24) is 9.97 Å². The van der Waals surface area contributed by atoms with Crippen molar-refractivity contribution in [3.63, 3.8) is 0 Å². The van der Waals surface area contributed by atoms with Gasteiger partial charge < -0.3 is 10.1 Å². The minimum atomic E-state index is 0.489. The molecule has 0 fully saturated rings. The molecule has 0 saturated carbocycles. The molecule has 0 aliphatic rings. The van der Waals surface area contributed by atoms with Crippen LogP contribution in [0.4, 0.5) is 5.82 Å². The summed E-state index contributed by atoms with van der Waals surface area (Å²) in [7, 11) is 3.51. The second kappa shape index (κ2) is 6.15. The number of nitrogens with one attached hydrogen (secondary N) is 1. The van der Waals surface area contributed by atoms with Crippen molar-refractivity contribution >= 4 is 21.7 Å². The van der Waals surface area contributed by atoms with Gasteiger partial charge in [-0.25, -0.2) is 9.97 Å². The Hall–Kier alpha value is -0.680. The number of hydrogen-bond donors (Lipinski definition) is 1. The average molecular weight is 288 g/mol. The Balaban J connectivity index is 3.07. The van der Waals surface area contributed by atoms with Crippen molar-refractivity contribution in [3.05, 3.63) is 16.0 Å². The lowest BCUT2D eigenvalue weighted by Crippen LogP contribution is -2.08. The molecule has 0 saturated heterocycles. The minimum absolute atomic E-state index is 0.489. The smallest absolute Gasteiger partial charge is 0.144 e. The van der Waals surface area contributed by atoms with Crippen LogP contribution in [-0.2, 0) is 17.8 Å². The Morgan fingerprint density at radius 2 is 2.06 bits per heavy atom. The van der Waals surface area contributed by atoms with Gasteiger partial charge in [-0.1, -0.05) is 13.8 Å². The summed E-state index contributed by atoms with van der Waals surface area (Å²) in [5.41, 5.74) is 0.887. The topological polar surface area (TPSA) is 47.0 Å². The summed E-state index contributed by atoms with van der Waals surface area (Å²) >= 11 is 3.48. The van der Waals surface area contributed by atoms with Crippen molar-refractivity contribution in [2.24, 2.45) is 5.92 Å². The molecule has 0 radical (unpaired) electrons. The first kappa shape index (κ1) is 13.4. The highest BCUT2D eigenvalue weighted by Gasteiger charge is 2.11. The molecule has 16 heavy (non-hydrogen) atoms. The molecule has 0 atom stereocenters. The van der Waals surface area contributed by atoms with Crippen molar-refractivity contribution in [3.8, 4) is 0 Å². The van der Waals surface area contributed by atoms with Crippen molar-refractivity contribution < 1.29 is 4.74 Å². The van der Waals surface area contributed by atoms with E-state index in [1.807, 2.05) is 7.05 Å². The standard InChI is InChI=1S/C11H18BrN3O/c1-7(2)5-9-14-8(6-16-4)10(12)11(13-3)15-9/h7H,5-6H2,1-4H3,(H,13,14,15). The van der Waals surface area contributed by atoms with Gasteiger partial charge >= 0.3 is 0 Å². The molecule has 0 aliphatic heterocycles. The predicted octanol–water partition coefficient (Wildman–Crippen LogP) is 2.63. The van der Waals surface area contributed by atoms with Gasteiger partial charge in [0.15, 0.2) is 0 Å². The third-order valence-corrected chi connectivity index (χ3v) is 2.91. The summed E-state index contributed by atoms with van der Waals surface area (Å²) in [6, 6.07) is 0. The van der Waals surface area contributed by atoms with Crippen LogP contribution in [0, 0.1) is 5.92 Å². The summed E-state index contributed by atoms with van der Waals surface area (Å²) in [6.07, 6.45) is 0.874. The number of ether oxygens (including phenoxy) is 1. The van der Waals surface area contributed by atoms with Crippen LogP contribution in [0.25, 0.3) is 0 Å². The zero-order valence-corrected chi connectivity index (χ0v) is 11.8. The molecule has 0 spiro atoms. The van der Waals surface area contributed by atoms with E-state index in [0.29, 0.717) is 12.5 Å². The van der Waals surface area contributed by atoms with E-state index in [9.17, 15) is 0 Å². The Morgan fingerprint density at radius 1 is 1.38 bits per heavy atom. The monoisotopic (exact) mass is 287 g/mol. The fraction of sp³-hybridized carbons (Fsp3) is 0.636. The van der Waals surface area contributed by atoms with Crippen LogP contribution in [0.1, 0.15) is 25.4 Å². The second-order valence-electron chi connectivity index (χ2n) is 4.03. The van der Waals surface area contributed by atoms with E-state index < -0.39 is 0 Å². The minimum Gasteiger partial charge on any atom is -0.378 e. The average Bonchev–Trinajstić information content (AvgIpc) is 2.22. The van der Waals surface area contributed by atoms with Crippen LogP contribution in [0.5, 0.6) is 0 Å². The number of aromatic nitrogens is 2.